The topological polar surface area (TPSA) is 18.5 Å². The van der Waals surface area contributed by atoms with E-state index in [0.717, 1.165) is 12.0 Å². The third kappa shape index (κ3) is 2.88. The zero-order chi connectivity index (χ0) is 10.8. The molecule has 2 rings (SSSR count). The molecule has 15 heavy (non-hydrogen) atoms. The molecular weight excluding hydrogens is 274 g/mol. The summed E-state index contributed by atoms with van der Waals surface area (Å²) in [5.41, 5.74) is 0.893. The van der Waals surface area contributed by atoms with E-state index >= 15 is 0 Å². The first-order valence-electron chi connectivity index (χ1n) is 4.39. The molecule has 1 heterocycles. The third-order valence-electron chi connectivity index (χ3n) is 2.09. The molecule has 0 radical (unpaired) electrons. The Hall–Kier alpha value is 0.240. The largest absolute Gasteiger partial charge is 0.522 e. The van der Waals surface area contributed by atoms with Gasteiger partial charge in [0.1, 0.15) is 12.7 Å². The Morgan fingerprint density at radius 3 is 2.93 bits per heavy atom. The lowest BCUT2D eigenvalue weighted by molar-refractivity contribution is 0.119. The van der Waals surface area contributed by atoms with Gasteiger partial charge in [0.15, 0.2) is 0 Å². The van der Waals surface area contributed by atoms with Gasteiger partial charge in [0.05, 0.1) is 0 Å². The Morgan fingerprint density at radius 1 is 1.40 bits per heavy atom. The Bertz CT molecular complexity index is 400. The number of rotatable bonds is 1. The van der Waals surface area contributed by atoms with Crippen molar-refractivity contribution in [2.45, 2.75) is 12.5 Å². The van der Waals surface area contributed by atoms with Crippen LogP contribution in [0, 0.1) is 0 Å². The van der Waals surface area contributed by atoms with Gasteiger partial charge in [-0.1, -0.05) is 23.2 Å². The minimum atomic E-state index is -1.19. The smallest absolute Gasteiger partial charge is 0.142 e. The second-order valence-electron chi connectivity index (χ2n) is 3.11. The van der Waals surface area contributed by atoms with Gasteiger partial charge in [-0.3, -0.25) is 0 Å². The molecule has 1 fully saturated rings. The van der Waals surface area contributed by atoms with Gasteiger partial charge in [-0.2, -0.15) is 0 Å². The highest BCUT2D eigenvalue weighted by Gasteiger charge is 2.31. The van der Waals surface area contributed by atoms with Crippen molar-refractivity contribution < 1.29 is 9.05 Å². The molecule has 0 N–H and O–H groups in total. The van der Waals surface area contributed by atoms with E-state index in [9.17, 15) is 0 Å². The van der Waals surface area contributed by atoms with Crippen molar-refractivity contribution in [2.24, 2.45) is 0 Å². The maximum absolute atomic E-state index is 6.07. The van der Waals surface area contributed by atoms with Gasteiger partial charge in [0.2, 0.25) is 11.8 Å². The first-order chi connectivity index (χ1) is 7.16. The van der Waals surface area contributed by atoms with Crippen LogP contribution in [0.5, 0.6) is 0 Å². The van der Waals surface area contributed by atoms with Gasteiger partial charge >= 0.3 is 7.15 Å². The van der Waals surface area contributed by atoms with E-state index in [1.54, 1.807) is 12.1 Å². The van der Waals surface area contributed by atoms with Gasteiger partial charge in [0, 0.05) is 22.0 Å². The van der Waals surface area contributed by atoms with Gasteiger partial charge in [-0.05, 0) is 18.2 Å². The third-order valence-corrected chi connectivity index (χ3v) is 4.07. The van der Waals surface area contributed by atoms with Crippen LogP contribution >= 0.6 is 30.4 Å². The molecule has 1 saturated heterocycles. The van der Waals surface area contributed by atoms with Crippen molar-refractivity contribution in [3.05, 3.63) is 33.8 Å². The molecule has 1 aliphatic rings. The Kier molecular flexibility index (Phi) is 3.94. The average molecular weight is 282 g/mol. The zero-order valence-electron chi connectivity index (χ0n) is 7.65. The Morgan fingerprint density at radius 2 is 2.20 bits per heavy atom. The molecule has 0 amide bonds. The van der Waals surface area contributed by atoms with Crippen LogP contribution in [-0.2, 0) is 20.9 Å². The lowest BCUT2D eigenvalue weighted by atomic mass is 10.1. The van der Waals surface area contributed by atoms with E-state index in [4.69, 9.17) is 44.1 Å². The number of hydrogen-bond acceptors (Lipinski definition) is 3. The van der Waals surface area contributed by atoms with Gasteiger partial charge in [0.25, 0.3) is 0 Å². The highest BCUT2D eigenvalue weighted by atomic mass is 35.5. The second kappa shape index (κ2) is 5.05. The highest BCUT2D eigenvalue weighted by molar-refractivity contribution is 8.00. The van der Waals surface area contributed by atoms with Crippen LogP contribution in [0.15, 0.2) is 18.2 Å². The summed E-state index contributed by atoms with van der Waals surface area (Å²) in [7, 11) is -1.19. The predicted molar refractivity (Wildman–Crippen MR) is 65.1 cm³/mol. The van der Waals surface area contributed by atoms with E-state index in [1.807, 2.05) is 6.07 Å². The first-order valence-corrected chi connectivity index (χ1v) is 7.33. The van der Waals surface area contributed by atoms with E-state index < -0.39 is 7.15 Å². The van der Waals surface area contributed by atoms with Crippen molar-refractivity contribution >= 4 is 42.2 Å². The molecule has 1 aliphatic heterocycles. The molecule has 2 atom stereocenters. The van der Waals surface area contributed by atoms with Gasteiger partial charge < -0.3 is 0 Å². The van der Waals surface area contributed by atoms with Crippen LogP contribution in [0.4, 0.5) is 0 Å². The van der Waals surface area contributed by atoms with E-state index in [-0.39, 0.29) is 6.10 Å². The molecule has 0 bridgehead atoms. The fraction of sp³-hybridized carbons (Fsp3) is 0.333. The molecule has 2 unspecified atom stereocenters. The molecule has 1 aromatic carbocycles. The standard InChI is InChI=1S/C9H8Cl2O2PS/c10-6-1-2-8(11)7(5-6)9-3-4-12-14(15)13-9/h1-2,5,9H,3-4H2/q+1. The Balaban J connectivity index is 2.27. The molecule has 0 aromatic heterocycles. The summed E-state index contributed by atoms with van der Waals surface area (Å²) in [6, 6.07) is 5.34. The number of halogens is 2. The van der Waals surface area contributed by atoms with Gasteiger partial charge in [-0.25, -0.2) is 0 Å². The summed E-state index contributed by atoms with van der Waals surface area (Å²) in [5.74, 6) is 0. The van der Waals surface area contributed by atoms with Crippen LogP contribution in [0.1, 0.15) is 18.1 Å². The molecular formula is C9H8Cl2O2PS+. The fourth-order valence-electron chi connectivity index (χ4n) is 1.39. The summed E-state index contributed by atoms with van der Waals surface area (Å²) in [6.07, 6.45) is 0.670. The summed E-state index contributed by atoms with van der Waals surface area (Å²) in [5, 5.41) is 1.31. The Labute approximate surface area is 104 Å². The SMILES string of the molecule is S=[P+]1OCCC(c2cc(Cl)ccc2Cl)O1. The highest BCUT2D eigenvalue weighted by Crippen LogP contribution is 2.42. The minimum Gasteiger partial charge on any atom is -0.142 e. The summed E-state index contributed by atoms with van der Waals surface area (Å²) >= 11 is 17.0. The zero-order valence-corrected chi connectivity index (χ0v) is 10.9. The van der Waals surface area contributed by atoms with Crippen LogP contribution < -0.4 is 0 Å². The molecule has 6 heteroatoms. The second-order valence-corrected chi connectivity index (χ2v) is 5.76. The average Bonchev–Trinajstić information content (AvgIpc) is 2.22. The molecule has 0 saturated carbocycles. The fourth-order valence-corrected chi connectivity index (χ4v) is 3.09. The van der Waals surface area contributed by atoms with Crippen molar-refractivity contribution in [3.8, 4) is 0 Å². The maximum Gasteiger partial charge on any atom is 0.522 e. The molecule has 1 aromatic rings. The molecule has 80 valence electrons. The summed E-state index contributed by atoms with van der Waals surface area (Å²) in [6.45, 7) is 0.614. The van der Waals surface area contributed by atoms with Crippen molar-refractivity contribution in [2.75, 3.05) is 6.61 Å². The minimum absolute atomic E-state index is 0.0893. The maximum atomic E-state index is 6.07. The van der Waals surface area contributed by atoms with Crippen LogP contribution in [0.3, 0.4) is 0 Å². The quantitative estimate of drug-likeness (QED) is 0.717. The number of benzene rings is 1. The van der Waals surface area contributed by atoms with Crippen LogP contribution in [-0.4, -0.2) is 6.61 Å². The first kappa shape index (κ1) is 11.7. The van der Waals surface area contributed by atoms with Gasteiger partial charge in [-0.15, -0.1) is 9.05 Å². The normalized spacial score (nSPS) is 24.1. The molecule has 0 spiro atoms. The predicted octanol–water partition coefficient (Wildman–Crippen LogP) is 4.25. The summed E-state index contributed by atoms with van der Waals surface area (Å²) in [4.78, 5) is 0. The monoisotopic (exact) mass is 281 g/mol. The van der Waals surface area contributed by atoms with E-state index in [2.05, 4.69) is 0 Å². The van der Waals surface area contributed by atoms with Crippen molar-refractivity contribution in [1.82, 2.24) is 0 Å². The van der Waals surface area contributed by atoms with E-state index in [0.29, 0.717) is 16.7 Å². The number of hydrogen-bond donors (Lipinski definition) is 0. The molecule has 0 aliphatic carbocycles. The van der Waals surface area contributed by atoms with Crippen molar-refractivity contribution in [1.29, 1.82) is 0 Å². The lowest BCUT2D eigenvalue weighted by Crippen LogP contribution is -2.09. The molecule has 2 nitrogen and oxygen atoms in total. The van der Waals surface area contributed by atoms with E-state index in [1.165, 1.54) is 0 Å². The van der Waals surface area contributed by atoms with Crippen molar-refractivity contribution in [3.63, 3.8) is 0 Å². The van der Waals surface area contributed by atoms with Crippen LogP contribution in [0.2, 0.25) is 10.0 Å². The summed E-state index contributed by atoms with van der Waals surface area (Å²) < 4.78 is 10.7. The van der Waals surface area contributed by atoms with Crippen LogP contribution in [0.25, 0.3) is 0 Å². The lowest BCUT2D eigenvalue weighted by Gasteiger charge is -2.16.